The summed E-state index contributed by atoms with van der Waals surface area (Å²) in [4.78, 5) is 0. The maximum atomic E-state index is 14.5. The second kappa shape index (κ2) is 28.7. The Labute approximate surface area is 343 Å². The Morgan fingerprint density at radius 2 is 1.27 bits per heavy atom. The number of allylic oxidation sites excluding steroid dienone is 2. The average Bonchev–Trinajstić information content (AvgIpc) is 3.22. The van der Waals surface area contributed by atoms with E-state index in [1.807, 2.05) is 0 Å². The molecule has 17 heteroatoms. The van der Waals surface area contributed by atoms with E-state index < -0.39 is 55.6 Å². The monoisotopic (exact) mass is 858 g/mol. The van der Waals surface area contributed by atoms with E-state index in [2.05, 4.69) is 6.58 Å². The molecule has 0 aliphatic carbocycles. The van der Waals surface area contributed by atoms with Crippen LogP contribution >= 0.6 is 0 Å². The lowest BCUT2D eigenvalue weighted by Gasteiger charge is -2.30. The fourth-order valence-electron chi connectivity index (χ4n) is 6.01. The van der Waals surface area contributed by atoms with E-state index in [1.54, 1.807) is 13.8 Å². The van der Waals surface area contributed by atoms with Gasteiger partial charge in [-0.1, -0.05) is 51.2 Å². The number of unbranched alkanes of at least 4 members (excludes halogenated alkanes) is 8. The maximum absolute atomic E-state index is 14.5. The largest absolute Gasteiger partial charge is 0.491 e. The Hall–Kier alpha value is -2.77. The molecule has 59 heavy (non-hydrogen) atoms. The molecule has 0 aromatic heterocycles. The fraction of sp³-hybridized carbons (Fsp3) is 0.714. The predicted octanol–water partition coefficient (Wildman–Crippen LogP) is 10.1. The molecule has 0 spiro atoms. The van der Waals surface area contributed by atoms with E-state index in [0.717, 1.165) is 51.4 Å². The van der Waals surface area contributed by atoms with Crippen molar-refractivity contribution in [3.05, 3.63) is 65.2 Å². The minimum absolute atomic E-state index is 0.0462. The zero-order chi connectivity index (χ0) is 42.9. The van der Waals surface area contributed by atoms with Gasteiger partial charge in [0.1, 0.15) is 18.9 Å². The van der Waals surface area contributed by atoms with Gasteiger partial charge in [0.15, 0.2) is 42.0 Å². The van der Waals surface area contributed by atoms with Gasteiger partial charge in [0.2, 0.25) is 5.82 Å². The van der Waals surface area contributed by atoms with Crippen LogP contribution in [0.1, 0.15) is 96.3 Å². The SMILES string of the molecule is C=C(/C=C\C(OCC)=C(\F)CF)C1OCC(OCCCCCCCOC(CC(F)(F)F)OCCCCCCCOC2COC(c3ccc(OCC)c(F)c3F)OC2)CO1. The zero-order valence-electron chi connectivity index (χ0n) is 34.2. The second-order valence-electron chi connectivity index (χ2n) is 14.0. The van der Waals surface area contributed by atoms with Crippen molar-refractivity contribution in [2.45, 2.75) is 122 Å². The van der Waals surface area contributed by atoms with Gasteiger partial charge in [-0.2, -0.15) is 17.6 Å². The molecular weight excluding hydrogens is 797 g/mol. The van der Waals surface area contributed by atoms with Crippen molar-refractivity contribution in [1.82, 2.24) is 0 Å². The van der Waals surface area contributed by atoms with Crippen LogP contribution in [0.4, 0.5) is 30.7 Å². The first-order valence-corrected chi connectivity index (χ1v) is 20.5. The molecule has 10 nitrogen and oxygen atoms in total. The Morgan fingerprint density at radius 3 is 1.78 bits per heavy atom. The van der Waals surface area contributed by atoms with Gasteiger partial charge in [-0.05, 0) is 57.7 Å². The molecule has 3 rings (SSSR count). The van der Waals surface area contributed by atoms with Crippen LogP contribution in [0.2, 0.25) is 0 Å². The predicted molar refractivity (Wildman–Crippen MR) is 204 cm³/mol. The van der Waals surface area contributed by atoms with Crippen molar-refractivity contribution in [3.63, 3.8) is 0 Å². The molecule has 2 aliphatic heterocycles. The summed E-state index contributed by atoms with van der Waals surface area (Å²) in [6.45, 7) is 8.45. The molecular formula is C42H61F7O10. The lowest BCUT2D eigenvalue weighted by atomic mass is 10.1. The van der Waals surface area contributed by atoms with E-state index in [4.69, 9.17) is 47.4 Å². The average molecular weight is 859 g/mol. The molecule has 1 aromatic rings. The smallest absolute Gasteiger partial charge is 0.393 e. The highest BCUT2D eigenvalue weighted by atomic mass is 19.4. The molecule has 2 fully saturated rings. The number of hydrogen-bond donors (Lipinski definition) is 0. The van der Waals surface area contributed by atoms with Crippen LogP contribution in [-0.4, -0.2) is 104 Å². The molecule has 0 radical (unpaired) electrons. The summed E-state index contributed by atoms with van der Waals surface area (Å²) in [5.74, 6) is -3.55. The highest BCUT2D eigenvalue weighted by Gasteiger charge is 2.33. The van der Waals surface area contributed by atoms with Crippen LogP contribution in [0, 0.1) is 11.6 Å². The molecule has 2 heterocycles. The normalized spacial score (nSPS) is 21.1. The lowest BCUT2D eigenvalue weighted by Crippen LogP contribution is -2.38. The Kier molecular flexibility index (Phi) is 24.6. The van der Waals surface area contributed by atoms with Gasteiger partial charge in [-0.3, -0.25) is 0 Å². The van der Waals surface area contributed by atoms with E-state index in [0.29, 0.717) is 31.6 Å². The summed E-state index contributed by atoms with van der Waals surface area (Å²) in [5.41, 5.74) is 0.373. The molecule has 1 aromatic carbocycles. The fourth-order valence-corrected chi connectivity index (χ4v) is 6.01. The highest BCUT2D eigenvalue weighted by molar-refractivity contribution is 5.32. The first kappa shape index (κ1) is 50.6. The minimum Gasteiger partial charge on any atom is -0.491 e. The van der Waals surface area contributed by atoms with Crippen LogP contribution in [0.3, 0.4) is 0 Å². The topological polar surface area (TPSA) is 92.3 Å². The standard InChI is InChI=1S/C42H61F7O10/c1-4-50-35(34(44)25-43)18-16-30(3)40-56-26-31(27-57-40)52-20-12-8-6-10-14-22-54-37(24-42(47,48)49)55-23-15-11-7-9-13-21-53-32-28-58-41(59-29-32)33-17-19-36(51-5-2)39(46)38(33)45/h16-19,31-32,37,40-41H,3-15,20-29H2,1-2H3/b18-16-,35-34-. The third-order valence-corrected chi connectivity index (χ3v) is 9.09. The number of rotatable bonds is 30. The summed E-state index contributed by atoms with van der Waals surface area (Å²) in [6, 6.07) is 2.72. The van der Waals surface area contributed by atoms with Crippen molar-refractivity contribution >= 4 is 0 Å². The third kappa shape index (κ3) is 20.1. The van der Waals surface area contributed by atoms with Crippen molar-refractivity contribution in [2.24, 2.45) is 0 Å². The van der Waals surface area contributed by atoms with E-state index in [1.165, 1.54) is 24.3 Å². The van der Waals surface area contributed by atoms with Gasteiger partial charge in [-0.15, -0.1) is 0 Å². The summed E-state index contributed by atoms with van der Waals surface area (Å²) in [5, 5.41) is 0. The van der Waals surface area contributed by atoms with Crippen molar-refractivity contribution in [2.75, 3.05) is 72.7 Å². The van der Waals surface area contributed by atoms with Crippen LogP contribution in [0.25, 0.3) is 0 Å². The van der Waals surface area contributed by atoms with Gasteiger partial charge in [0, 0.05) is 37.6 Å². The lowest BCUT2D eigenvalue weighted by molar-refractivity contribution is -0.231. The number of alkyl halides is 4. The van der Waals surface area contributed by atoms with Gasteiger partial charge in [0.05, 0.1) is 46.1 Å². The number of halogens is 7. The van der Waals surface area contributed by atoms with E-state index in [-0.39, 0.29) is 82.1 Å². The Balaban J connectivity index is 1.16. The van der Waals surface area contributed by atoms with Crippen molar-refractivity contribution in [1.29, 1.82) is 0 Å². The number of benzene rings is 1. The maximum Gasteiger partial charge on any atom is 0.393 e. The van der Waals surface area contributed by atoms with Crippen LogP contribution in [0.5, 0.6) is 5.75 Å². The summed E-state index contributed by atoms with van der Waals surface area (Å²) >= 11 is 0. The zero-order valence-corrected chi connectivity index (χ0v) is 34.2. The summed E-state index contributed by atoms with van der Waals surface area (Å²) < 4.78 is 149. The highest BCUT2D eigenvalue weighted by Crippen LogP contribution is 2.31. The van der Waals surface area contributed by atoms with Crippen molar-refractivity contribution < 1.29 is 78.1 Å². The third-order valence-electron chi connectivity index (χ3n) is 9.09. The molecule has 338 valence electrons. The molecule has 1 unspecified atom stereocenters. The molecule has 0 bridgehead atoms. The molecule has 0 saturated carbocycles. The minimum atomic E-state index is -4.41. The first-order valence-electron chi connectivity index (χ1n) is 20.5. The number of ether oxygens (including phenoxy) is 10. The summed E-state index contributed by atoms with van der Waals surface area (Å²) in [7, 11) is 0. The molecule has 0 amide bonds. The van der Waals surface area contributed by atoms with Gasteiger partial charge in [-0.25, -0.2) is 13.2 Å². The molecule has 0 N–H and O–H groups in total. The van der Waals surface area contributed by atoms with Gasteiger partial charge in [0.25, 0.3) is 0 Å². The van der Waals surface area contributed by atoms with E-state index >= 15 is 0 Å². The first-order chi connectivity index (χ1) is 28.4. The molecule has 2 aliphatic rings. The molecule has 1 atom stereocenters. The van der Waals surface area contributed by atoms with Crippen LogP contribution < -0.4 is 4.74 Å². The van der Waals surface area contributed by atoms with Crippen molar-refractivity contribution in [3.8, 4) is 5.75 Å². The number of hydrogen-bond acceptors (Lipinski definition) is 10. The van der Waals surface area contributed by atoms with E-state index in [9.17, 15) is 30.7 Å². The van der Waals surface area contributed by atoms with Crippen LogP contribution in [-0.2, 0) is 42.6 Å². The summed E-state index contributed by atoms with van der Waals surface area (Å²) in [6.07, 6.45) is 1.19. The Morgan fingerprint density at radius 1 is 0.746 bits per heavy atom. The Bertz CT molecular complexity index is 1380. The molecule has 2 saturated heterocycles. The van der Waals surface area contributed by atoms with Gasteiger partial charge >= 0.3 is 6.18 Å². The quantitative estimate of drug-likeness (QED) is 0.0245. The second-order valence-corrected chi connectivity index (χ2v) is 14.0. The van der Waals surface area contributed by atoms with Crippen LogP contribution in [0.15, 0.2) is 48.0 Å². The van der Waals surface area contributed by atoms with Gasteiger partial charge < -0.3 is 47.4 Å².